The zero-order valence-corrected chi connectivity index (χ0v) is 10.3. The predicted molar refractivity (Wildman–Crippen MR) is 70.2 cm³/mol. The molecule has 0 spiro atoms. The molecule has 1 aliphatic carbocycles. The summed E-state index contributed by atoms with van der Waals surface area (Å²) in [6, 6.07) is 0. The Kier molecular flexibility index (Phi) is 5.87. The van der Waals surface area contributed by atoms with E-state index in [1.165, 1.54) is 0 Å². The van der Waals surface area contributed by atoms with Crippen molar-refractivity contribution in [3.8, 4) is 0 Å². The molecule has 0 amide bonds. The number of hydrogen-bond acceptors (Lipinski definition) is 1. The summed E-state index contributed by atoms with van der Waals surface area (Å²) in [5.41, 5.74) is 1.06. The Bertz CT molecular complexity index is 307. The van der Waals surface area contributed by atoms with Gasteiger partial charge in [-0.05, 0) is 30.8 Å². The van der Waals surface area contributed by atoms with E-state index in [4.69, 9.17) is 0 Å². The lowest BCUT2D eigenvalue weighted by molar-refractivity contribution is 0.216. The topological polar surface area (TPSA) is 20.2 Å². The molecule has 88 valence electrons. The van der Waals surface area contributed by atoms with Gasteiger partial charge >= 0.3 is 0 Å². The molecule has 1 aliphatic rings. The first kappa shape index (κ1) is 13.0. The minimum absolute atomic E-state index is 0.356. The normalized spacial score (nSPS) is 22.9. The summed E-state index contributed by atoms with van der Waals surface area (Å²) in [4.78, 5) is 0. The highest BCUT2D eigenvalue weighted by molar-refractivity contribution is 5.27. The minimum Gasteiger partial charge on any atom is -0.388 e. The molecular formula is C15H22O. The van der Waals surface area contributed by atoms with Gasteiger partial charge in [0.25, 0.3) is 0 Å². The van der Waals surface area contributed by atoms with Crippen LogP contribution in [0.15, 0.2) is 48.1 Å². The molecule has 2 unspecified atom stereocenters. The molecule has 1 rings (SSSR count). The predicted octanol–water partition coefficient (Wildman–Crippen LogP) is 3.78. The fraction of sp³-hybridized carbons (Fsp3) is 0.467. The molecule has 0 aromatic carbocycles. The molecule has 0 aliphatic heterocycles. The van der Waals surface area contributed by atoms with E-state index in [-0.39, 0.29) is 6.10 Å². The van der Waals surface area contributed by atoms with Gasteiger partial charge in [0.05, 0.1) is 6.10 Å². The van der Waals surface area contributed by atoms with Crippen LogP contribution in [-0.2, 0) is 0 Å². The first-order valence-electron chi connectivity index (χ1n) is 6.12. The lowest BCUT2D eigenvalue weighted by Gasteiger charge is -2.16. The molecule has 0 aromatic rings. The molecule has 16 heavy (non-hydrogen) atoms. The largest absolute Gasteiger partial charge is 0.388 e. The summed E-state index contributed by atoms with van der Waals surface area (Å²) >= 11 is 0. The highest BCUT2D eigenvalue weighted by atomic mass is 16.3. The van der Waals surface area contributed by atoms with Crippen LogP contribution in [0.3, 0.4) is 0 Å². The van der Waals surface area contributed by atoms with Gasteiger partial charge in [0, 0.05) is 0 Å². The van der Waals surface area contributed by atoms with Crippen molar-refractivity contribution in [2.75, 3.05) is 0 Å². The smallest absolute Gasteiger partial charge is 0.0821 e. The number of rotatable bonds is 5. The van der Waals surface area contributed by atoms with Crippen molar-refractivity contribution >= 4 is 0 Å². The summed E-state index contributed by atoms with van der Waals surface area (Å²) in [5.74, 6) is 0.554. The van der Waals surface area contributed by atoms with E-state index in [1.54, 1.807) is 0 Å². The first-order valence-corrected chi connectivity index (χ1v) is 6.12. The van der Waals surface area contributed by atoms with E-state index in [0.717, 1.165) is 18.4 Å². The summed E-state index contributed by atoms with van der Waals surface area (Å²) in [7, 11) is 0. The number of allylic oxidation sites excluding steroid dienone is 5. The van der Waals surface area contributed by atoms with Gasteiger partial charge in [-0.2, -0.15) is 0 Å². The van der Waals surface area contributed by atoms with Crippen LogP contribution in [0.5, 0.6) is 0 Å². The van der Waals surface area contributed by atoms with Crippen LogP contribution in [0, 0.1) is 5.92 Å². The summed E-state index contributed by atoms with van der Waals surface area (Å²) in [6.45, 7) is 4.29. The van der Waals surface area contributed by atoms with Crippen LogP contribution >= 0.6 is 0 Å². The average Bonchev–Trinajstić information content (AvgIpc) is 2.28. The van der Waals surface area contributed by atoms with E-state index in [1.807, 2.05) is 24.3 Å². The van der Waals surface area contributed by atoms with Gasteiger partial charge < -0.3 is 5.11 Å². The lowest BCUT2D eigenvalue weighted by atomic mass is 9.94. The minimum atomic E-state index is -0.356. The van der Waals surface area contributed by atoms with Crippen LogP contribution in [0.1, 0.15) is 33.1 Å². The monoisotopic (exact) mass is 218 g/mol. The number of aliphatic hydroxyl groups excluding tert-OH is 1. The molecule has 1 nitrogen and oxygen atoms in total. The van der Waals surface area contributed by atoms with Crippen LogP contribution < -0.4 is 0 Å². The van der Waals surface area contributed by atoms with Gasteiger partial charge in [-0.15, -0.1) is 0 Å². The molecule has 0 saturated carbocycles. The maximum absolute atomic E-state index is 9.95. The van der Waals surface area contributed by atoms with Crippen LogP contribution in [0.2, 0.25) is 0 Å². The van der Waals surface area contributed by atoms with Crippen LogP contribution in [0.25, 0.3) is 0 Å². The molecule has 0 heterocycles. The summed E-state index contributed by atoms with van der Waals surface area (Å²) in [6.07, 6.45) is 17.0. The van der Waals surface area contributed by atoms with E-state index < -0.39 is 0 Å². The van der Waals surface area contributed by atoms with Crippen molar-refractivity contribution in [2.24, 2.45) is 5.92 Å². The first-order chi connectivity index (χ1) is 7.74. The Morgan fingerprint density at radius 2 is 2.19 bits per heavy atom. The highest BCUT2D eigenvalue weighted by Gasteiger charge is 2.10. The van der Waals surface area contributed by atoms with E-state index in [2.05, 4.69) is 32.1 Å². The summed E-state index contributed by atoms with van der Waals surface area (Å²) < 4.78 is 0. The Labute approximate surface area is 98.9 Å². The molecular weight excluding hydrogens is 196 g/mol. The fourth-order valence-corrected chi connectivity index (χ4v) is 1.73. The third kappa shape index (κ3) is 4.63. The fourth-order valence-electron chi connectivity index (χ4n) is 1.73. The quantitative estimate of drug-likeness (QED) is 0.696. The zero-order chi connectivity index (χ0) is 11.8. The maximum Gasteiger partial charge on any atom is 0.0821 e. The van der Waals surface area contributed by atoms with Crippen LogP contribution in [0.4, 0.5) is 0 Å². The Balaban J connectivity index is 2.40. The van der Waals surface area contributed by atoms with E-state index in [9.17, 15) is 5.11 Å². The molecule has 0 saturated heterocycles. The van der Waals surface area contributed by atoms with E-state index >= 15 is 0 Å². The second kappa shape index (κ2) is 7.24. The lowest BCUT2D eigenvalue weighted by Crippen LogP contribution is -2.10. The van der Waals surface area contributed by atoms with E-state index in [0.29, 0.717) is 12.3 Å². The molecule has 0 aromatic heterocycles. The molecule has 0 fully saturated rings. The standard InChI is InChI=1S/C15H22O/c1-3-4-5-6-7-11-15(16)14-10-8-9-13(2)12-14/h4-8,10,12-13,15-16H,3,9,11H2,1-2H3/b5-4-,7-6-. The van der Waals surface area contributed by atoms with Crippen molar-refractivity contribution in [1.29, 1.82) is 0 Å². The zero-order valence-electron chi connectivity index (χ0n) is 10.3. The molecule has 1 N–H and O–H groups in total. The van der Waals surface area contributed by atoms with Gasteiger partial charge in [-0.1, -0.05) is 56.4 Å². The average molecular weight is 218 g/mol. The molecule has 0 bridgehead atoms. The van der Waals surface area contributed by atoms with Crippen molar-refractivity contribution in [3.63, 3.8) is 0 Å². The third-order valence-corrected chi connectivity index (χ3v) is 2.66. The van der Waals surface area contributed by atoms with Crippen LogP contribution in [-0.4, -0.2) is 11.2 Å². The Morgan fingerprint density at radius 1 is 1.44 bits per heavy atom. The van der Waals surface area contributed by atoms with Crippen molar-refractivity contribution < 1.29 is 5.11 Å². The second-order valence-electron chi connectivity index (χ2n) is 4.30. The summed E-state index contributed by atoms with van der Waals surface area (Å²) in [5, 5.41) is 9.95. The van der Waals surface area contributed by atoms with Gasteiger partial charge in [0.2, 0.25) is 0 Å². The van der Waals surface area contributed by atoms with Gasteiger partial charge in [0.1, 0.15) is 0 Å². The molecule has 2 atom stereocenters. The highest BCUT2D eigenvalue weighted by Crippen LogP contribution is 2.20. The Morgan fingerprint density at radius 3 is 2.88 bits per heavy atom. The van der Waals surface area contributed by atoms with Gasteiger partial charge in [-0.25, -0.2) is 0 Å². The molecule has 0 radical (unpaired) electrons. The molecule has 1 heteroatoms. The third-order valence-electron chi connectivity index (χ3n) is 2.66. The number of aliphatic hydroxyl groups is 1. The van der Waals surface area contributed by atoms with Crippen molar-refractivity contribution in [1.82, 2.24) is 0 Å². The number of hydrogen-bond donors (Lipinski definition) is 1. The SMILES string of the molecule is CC/C=C\C=C/CC(O)C1=CC(C)CC=C1. The van der Waals surface area contributed by atoms with Gasteiger partial charge in [0.15, 0.2) is 0 Å². The van der Waals surface area contributed by atoms with Gasteiger partial charge in [-0.3, -0.25) is 0 Å². The Hall–Kier alpha value is -1.08. The van der Waals surface area contributed by atoms with Crippen molar-refractivity contribution in [2.45, 2.75) is 39.2 Å². The second-order valence-corrected chi connectivity index (χ2v) is 4.30. The maximum atomic E-state index is 9.95. The van der Waals surface area contributed by atoms with Crippen molar-refractivity contribution in [3.05, 3.63) is 48.1 Å².